The summed E-state index contributed by atoms with van der Waals surface area (Å²) >= 11 is 8.53. The van der Waals surface area contributed by atoms with Gasteiger partial charge in [-0.2, -0.15) is 0 Å². The van der Waals surface area contributed by atoms with Gasteiger partial charge in [-0.05, 0) is 58.8 Å². The molecule has 0 spiro atoms. The van der Waals surface area contributed by atoms with Gasteiger partial charge in [0, 0.05) is 22.3 Å². The van der Waals surface area contributed by atoms with Crippen LogP contribution in [-0.2, 0) is 0 Å². The SMILES string of the molecule is CCC1(CNc2ccc(C(N)=S)c(Br)c2)CCCC1. The first kappa shape index (κ1) is 14.8. The van der Waals surface area contributed by atoms with Crippen molar-refractivity contribution in [2.75, 3.05) is 11.9 Å². The predicted molar refractivity (Wildman–Crippen MR) is 89.7 cm³/mol. The second kappa shape index (κ2) is 6.23. The van der Waals surface area contributed by atoms with E-state index in [1.165, 1.54) is 32.1 Å². The van der Waals surface area contributed by atoms with Crippen molar-refractivity contribution in [2.24, 2.45) is 11.1 Å². The third kappa shape index (κ3) is 3.48. The molecule has 19 heavy (non-hydrogen) atoms. The Morgan fingerprint density at radius 3 is 2.63 bits per heavy atom. The molecular weight excluding hydrogens is 320 g/mol. The van der Waals surface area contributed by atoms with Crippen molar-refractivity contribution in [3.8, 4) is 0 Å². The van der Waals surface area contributed by atoms with Crippen molar-refractivity contribution in [2.45, 2.75) is 39.0 Å². The van der Waals surface area contributed by atoms with E-state index in [0.29, 0.717) is 10.4 Å². The normalized spacial score (nSPS) is 17.4. The van der Waals surface area contributed by atoms with Gasteiger partial charge in [-0.15, -0.1) is 0 Å². The van der Waals surface area contributed by atoms with Crippen LogP contribution in [0.2, 0.25) is 0 Å². The van der Waals surface area contributed by atoms with Crippen molar-refractivity contribution in [1.29, 1.82) is 0 Å². The minimum Gasteiger partial charge on any atom is -0.389 e. The zero-order valence-electron chi connectivity index (χ0n) is 11.3. The van der Waals surface area contributed by atoms with Gasteiger partial charge in [0.25, 0.3) is 0 Å². The lowest BCUT2D eigenvalue weighted by Gasteiger charge is -2.28. The fourth-order valence-corrected chi connectivity index (χ4v) is 3.80. The molecule has 4 heteroatoms. The summed E-state index contributed by atoms with van der Waals surface area (Å²) in [7, 11) is 0. The molecule has 2 nitrogen and oxygen atoms in total. The third-order valence-electron chi connectivity index (χ3n) is 4.32. The van der Waals surface area contributed by atoms with Gasteiger partial charge >= 0.3 is 0 Å². The Morgan fingerprint density at radius 1 is 1.42 bits per heavy atom. The number of anilines is 1. The largest absolute Gasteiger partial charge is 0.389 e. The number of halogens is 1. The van der Waals surface area contributed by atoms with E-state index in [-0.39, 0.29) is 0 Å². The second-order valence-corrected chi connectivity index (χ2v) is 6.77. The molecule has 0 aliphatic heterocycles. The molecule has 3 N–H and O–H groups in total. The first-order valence-electron chi connectivity index (χ1n) is 6.89. The number of rotatable bonds is 5. The smallest absolute Gasteiger partial charge is 0.105 e. The van der Waals surface area contributed by atoms with E-state index in [2.05, 4.69) is 40.3 Å². The number of hydrogen-bond acceptors (Lipinski definition) is 2. The summed E-state index contributed by atoms with van der Waals surface area (Å²) in [6, 6.07) is 6.09. The highest BCUT2D eigenvalue weighted by molar-refractivity contribution is 9.10. The van der Waals surface area contributed by atoms with Crippen LogP contribution >= 0.6 is 28.1 Å². The molecule has 0 amide bonds. The van der Waals surface area contributed by atoms with Gasteiger partial charge in [0.1, 0.15) is 4.99 Å². The molecular formula is C15H21BrN2S. The Bertz CT molecular complexity index is 467. The molecule has 1 aromatic carbocycles. The van der Waals surface area contributed by atoms with Crippen LogP contribution in [0.1, 0.15) is 44.6 Å². The summed E-state index contributed by atoms with van der Waals surface area (Å²) in [6.45, 7) is 3.36. The van der Waals surface area contributed by atoms with Crippen molar-refractivity contribution in [3.63, 3.8) is 0 Å². The number of benzene rings is 1. The highest BCUT2D eigenvalue weighted by Gasteiger charge is 2.31. The average molecular weight is 341 g/mol. The molecule has 1 aliphatic carbocycles. The minimum absolute atomic E-state index is 0.430. The van der Waals surface area contributed by atoms with Crippen LogP contribution in [0.3, 0.4) is 0 Å². The standard InChI is InChI=1S/C15H21BrN2S/c1-2-15(7-3-4-8-15)10-18-11-5-6-12(14(17)19)13(16)9-11/h5-6,9,18H,2-4,7-8,10H2,1H3,(H2,17,19). The van der Waals surface area contributed by atoms with Crippen LogP contribution in [-0.4, -0.2) is 11.5 Å². The molecule has 104 valence electrons. The highest BCUT2D eigenvalue weighted by atomic mass is 79.9. The average Bonchev–Trinajstić information content (AvgIpc) is 2.85. The molecule has 1 aliphatic rings. The fourth-order valence-electron chi connectivity index (χ4n) is 2.89. The Morgan fingerprint density at radius 2 is 2.11 bits per heavy atom. The maximum absolute atomic E-state index is 5.66. The number of hydrogen-bond donors (Lipinski definition) is 2. The summed E-state index contributed by atoms with van der Waals surface area (Å²) < 4.78 is 0.960. The monoisotopic (exact) mass is 340 g/mol. The Labute approximate surface area is 129 Å². The molecule has 2 rings (SSSR count). The quantitative estimate of drug-likeness (QED) is 0.776. The van der Waals surface area contributed by atoms with E-state index >= 15 is 0 Å². The van der Waals surface area contributed by atoms with Crippen molar-refractivity contribution in [3.05, 3.63) is 28.2 Å². The van der Waals surface area contributed by atoms with E-state index in [9.17, 15) is 0 Å². The number of nitrogens with two attached hydrogens (primary N) is 1. The summed E-state index contributed by atoms with van der Waals surface area (Å²) in [5, 5.41) is 3.57. The van der Waals surface area contributed by atoms with E-state index < -0.39 is 0 Å². The van der Waals surface area contributed by atoms with Crippen LogP contribution < -0.4 is 11.1 Å². The molecule has 0 unspecified atom stereocenters. The van der Waals surface area contributed by atoms with Gasteiger partial charge in [0.2, 0.25) is 0 Å². The van der Waals surface area contributed by atoms with Crippen LogP contribution in [0.5, 0.6) is 0 Å². The molecule has 0 aromatic heterocycles. The predicted octanol–water partition coefficient (Wildman–Crippen LogP) is 4.47. The summed E-state index contributed by atoms with van der Waals surface area (Å²) in [6.07, 6.45) is 6.70. The van der Waals surface area contributed by atoms with Crippen molar-refractivity contribution < 1.29 is 0 Å². The summed E-state index contributed by atoms with van der Waals surface area (Å²) in [5.41, 5.74) is 8.18. The molecule has 1 fully saturated rings. The molecule has 1 saturated carbocycles. The lowest BCUT2D eigenvalue weighted by atomic mass is 9.83. The maximum Gasteiger partial charge on any atom is 0.105 e. The van der Waals surface area contributed by atoms with Crippen LogP contribution in [0, 0.1) is 5.41 Å². The van der Waals surface area contributed by atoms with E-state index in [1.54, 1.807) is 0 Å². The zero-order valence-corrected chi connectivity index (χ0v) is 13.7. The zero-order chi connectivity index (χ0) is 13.9. The molecule has 0 atom stereocenters. The fraction of sp³-hybridized carbons (Fsp3) is 0.533. The number of nitrogens with one attached hydrogen (secondary N) is 1. The second-order valence-electron chi connectivity index (χ2n) is 5.47. The Balaban J connectivity index is 2.03. The number of thiocarbonyl (C=S) groups is 1. The minimum atomic E-state index is 0.430. The maximum atomic E-state index is 5.66. The van der Waals surface area contributed by atoms with Crippen LogP contribution in [0.25, 0.3) is 0 Å². The molecule has 0 heterocycles. The Kier molecular flexibility index (Phi) is 4.85. The topological polar surface area (TPSA) is 38.0 Å². The van der Waals surface area contributed by atoms with Crippen molar-refractivity contribution >= 4 is 38.8 Å². The first-order valence-corrected chi connectivity index (χ1v) is 8.10. The van der Waals surface area contributed by atoms with E-state index in [0.717, 1.165) is 22.3 Å². The molecule has 0 saturated heterocycles. The molecule has 0 bridgehead atoms. The lowest BCUT2D eigenvalue weighted by molar-refractivity contribution is 0.307. The third-order valence-corrected chi connectivity index (χ3v) is 5.19. The van der Waals surface area contributed by atoms with Gasteiger partial charge < -0.3 is 11.1 Å². The van der Waals surface area contributed by atoms with E-state index in [1.807, 2.05) is 6.07 Å². The van der Waals surface area contributed by atoms with Gasteiger partial charge in [-0.1, -0.05) is 32.0 Å². The first-order chi connectivity index (χ1) is 9.06. The summed E-state index contributed by atoms with van der Waals surface area (Å²) in [4.78, 5) is 0.430. The Hall–Kier alpha value is -0.610. The van der Waals surface area contributed by atoms with Crippen molar-refractivity contribution in [1.82, 2.24) is 0 Å². The van der Waals surface area contributed by atoms with Gasteiger partial charge in [-0.25, -0.2) is 0 Å². The summed E-state index contributed by atoms with van der Waals surface area (Å²) in [5.74, 6) is 0. The van der Waals surface area contributed by atoms with Crippen LogP contribution in [0.4, 0.5) is 5.69 Å². The van der Waals surface area contributed by atoms with Gasteiger partial charge in [0.05, 0.1) is 0 Å². The molecule has 0 radical (unpaired) electrons. The van der Waals surface area contributed by atoms with Gasteiger partial charge in [0.15, 0.2) is 0 Å². The molecule has 1 aromatic rings. The van der Waals surface area contributed by atoms with Crippen LogP contribution in [0.15, 0.2) is 22.7 Å². The van der Waals surface area contributed by atoms with Gasteiger partial charge in [-0.3, -0.25) is 0 Å². The highest BCUT2D eigenvalue weighted by Crippen LogP contribution is 2.41. The lowest BCUT2D eigenvalue weighted by Crippen LogP contribution is -2.25. The van der Waals surface area contributed by atoms with E-state index in [4.69, 9.17) is 18.0 Å².